The van der Waals surface area contributed by atoms with Gasteiger partial charge in [-0.2, -0.15) is 0 Å². The third-order valence-electron chi connectivity index (χ3n) is 5.13. The lowest BCUT2D eigenvalue weighted by atomic mass is 10.1. The Morgan fingerprint density at radius 3 is 2.75 bits per heavy atom. The van der Waals surface area contributed by atoms with E-state index >= 15 is 0 Å². The number of rotatable bonds is 15. The molecule has 1 amide bonds. The van der Waals surface area contributed by atoms with E-state index in [4.69, 9.17) is 10.5 Å². The summed E-state index contributed by atoms with van der Waals surface area (Å²) >= 11 is 0. The van der Waals surface area contributed by atoms with Crippen LogP contribution in [-0.4, -0.2) is 60.7 Å². The maximum absolute atomic E-state index is 12.0. The van der Waals surface area contributed by atoms with Gasteiger partial charge in [0.15, 0.2) is 0 Å². The Labute approximate surface area is 189 Å². The number of amides is 1. The van der Waals surface area contributed by atoms with Crippen LogP contribution >= 0.6 is 0 Å². The summed E-state index contributed by atoms with van der Waals surface area (Å²) in [5.74, 6) is -0.0182. The first-order valence-corrected chi connectivity index (χ1v) is 11.2. The number of hydrogen-bond acceptors (Lipinski definition) is 9. The average molecular weight is 447 g/mol. The molecule has 0 bridgehead atoms. The van der Waals surface area contributed by atoms with Crippen molar-refractivity contribution < 1.29 is 19.1 Å². The van der Waals surface area contributed by atoms with Crippen molar-refractivity contribution in [1.82, 2.24) is 10.3 Å². The number of carbonyl (C=O) groups is 3. The standard InChI is InChI=1S/C22H34N6O4/c1-16(14-29)25-21(19-13-20(19)23)7-3-5-10-24-22(31)8-4-6-11-28-12-9-18(26-27-28)15-32-17(2)30/h12,14,16,19-20H,3-8,10-11,13,15,23H2,1-2H3,(H,24,31)/b25-21+. The number of nitrogens with one attached hydrogen (secondary N) is 1. The van der Waals surface area contributed by atoms with E-state index in [9.17, 15) is 14.4 Å². The minimum Gasteiger partial charge on any atom is -0.459 e. The zero-order chi connectivity index (χ0) is 23.3. The molecule has 2 aliphatic rings. The lowest BCUT2D eigenvalue weighted by Crippen LogP contribution is -2.24. The fraction of sp³-hybridized carbons (Fsp3) is 0.682. The van der Waals surface area contributed by atoms with Crippen LogP contribution in [0.1, 0.15) is 58.8 Å². The fourth-order valence-corrected chi connectivity index (χ4v) is 3.21. The smallest absolute Gasteiger partial charge is 0.303 e. The maximum atomic E-state index is 12.0. The molecular formula is C22H34N6O4. The largest absolute Gasteiger partial charge is 0.459 e. The number of carbonyl (C=O) groups excluding carboxylic acids is 3. The Morgan fingerprint density at radius 2 is 2.12 bits per heavy atom. The first kappa shape index (κ1) is 25.4. The predicted molar refractivity (Wildman–Crippen MR) is 120 cm³/mol. The molecule has 0 spiro atoms. The van der Waals surface area contributed by atoms with Gasteiger partial charge in [0, 0.05) is 44.1 Å². The van der Waals surface area contributed by atoms with Crippen molar-refractivity contribution in [3.05, 3.63) is 17.6 Å². The third kappa shape index (κ3) is 9.98. The molecule has 0 radical (unpaired) electrons. The summed E-state index contributed by atoms with van der Waals surface area (Å²) in [4.78, 5) is 38.1. The highest BCUT2D eigenvalue weighted by atomic mass is 16.5. The molecule has 10 nitrogen and oxygen atoms in total. The van der Waals surface area contributed by atoms with E-state index in [1.54, 1.807) is 18.1 Å². The fourth-order valence-electron chi connectivity index (χ4n) is 3.21. The number of hydrogen-bond donors (Lipinski definition) is 2. The highest BCUT2D eigenvalue weighted by Crippen LogP contribution is 2.31. The van der Waals surface area contributed by atoms with Crippen molar-refractivity contribution in [2.75, 3.05) is 19.7 Å². The summed E-state index contributed by atoms with van der Waals surface area (Å²) in [5.41, 5.74) is 10.3. The number of ether oxygens (including phenoxy) is 1. The quantitative estimate of drug-likeness (QED) is 0.130. The number of aldehydes is 1. The molecule has 1 aliphatic heterocycles. The van der Waals surface area contributed by atoms with Crippen LogP contribution in [-0.2, 0) is 19.1 Å². The third-order valence-corrected chi connectivity index (χ3v) is 5.13. The van der Waals surface area contributed by atoms with Crippen molar-refractivity contribution in [1.29, 1.82) is 0 Å². The summed E-state index contributed by atoms with van der Waals surface area (Å²) in [6.45, 7) is 4.44. The van der Waals surface area contributed by atoms with Crippen molar-refractivity contribution in [2.24, 2.45) is 27.0 Å². The first-order chi connectivity index (χ1) is 15.4. The van der Waals surface area contributed by atoms with Gasteiger partial charge in [-0.05, 0) is 45.4 Å². The molecule has 1 aliphatic carbocycles. The van der Waals surface area contributed by atoms with Gasteiger partial charge in [0.2, 0.25) is 5.91 Å². The molecule has 0 aromatic carbocycles. The van der Waals surface area contributed by atoms with Gasteiger partial charge in [-0.25, -0.2) is 5.01 Å². The topological polar surface area (TPSA) is 139 Å². The molecule has 0 aromatic heterocycles. The van der Waals surface area contributed by atoms with Gasteiger partial charge < -0.3 is 20.6 Å². The van der Waals surface area contributed by atoms with Gasteiger partial charge in [-0.3, -0.25) is 14.6 Å². The molecule has 1 saturated carbocycles. The molecule has 0 aromatic rings. The van der Waals surface area contributed by atoms with Gasteiger partial charge in [0.1, 0.15) is 24.6 Å². The lowest BCUT2D eigenvalue weighted by Gasteiger charge is -2.14. The van der Waals surface area contributed by atoms with Crippen LogP contribution in [0.2, 0.25) is 0 Å². The van der Waals surface area contributed by atoms with E-state index < -0.39 is 0 Å². The van der Waals surface area contributed by atoms with Crippen molar-refractivity contribution in [2.45, 2.75) is 70.9 Å². The van der Waals surface area contributed by atoms with Gasteiger partial charge in [0.05, 0.1) is 6.20 Å². The summed E-state index contributed by atoms with van der Waals surface area (Å²) < 4.78 is 4.84. The van der Waals surface area contributed by atoms with Crippen LogP contribution in [0.4, 0.5) is 0 Å². The normalized spacial score (nSPS) is 20.5. The summed E-state index contributed by atoms with van der Waals surface area (Å²) in [7, 11) is 0. The highest BCUT2D eigenvalue weighted by molar-refractivity contribution is 5.91. The molecule has 10 heteroatoms. The van der Waals surface area contributed by atoms with Crippen molar-refractivity contribution in [3.8, 4) is 0 Å². The van der Waals surface area contributed by atoms with Crippen molar-refractivity contribution in [3.63, 3.8) is 0 Å². The van der Waals surface area contributed by atoms with E-state index in [1.165, 1.54) is 6.92 Å². The number of nitrogens with two attached hydrogens (primary N) is 1. The number of unbranched alkanes of at least 4 members (excludes halogenated alkanes) is 2. The van der Waals surface area contributed by atoms with Crippen molar-refractivity contribution >= 4 is 23.9 Å². The van der Waals surface area contributed by atoms with Crippen LogP contribution in [0.5, 0.6) is 0 Å². The summed E-state index contributed by atoms with van der Waals surface area (Å²) in [6.07, 6.45) is 8.05. The second-order valence-corrected chi connectivity index (χ2v) is 8.12. The molecule has 0 saturated heterocycles. The number of aliphatic imine (C=N–C) groups is 1. The zero-order valence-corrected chi connectivity index (χ0v) is 19.0. The van der Waals surface area contributed by atoms with Crippen LogP contribution < -0.4 is 11.1 Å². The summed E-state index contributed by atoms with van der Waals surface area (Å²) in [6, 6.07) is -0.147. The molecule has 32 heavy (non-hydrogen) atoms. The van der Waals surface area contributed by atoms with E-state index in [2.05, 4.69) is 26.4 Å². The molecule has 2 rings (SSSR count). The first-order valence-electron chi connectivity index (χ1n) is 11.2. The molecule has 176 valence electrons. The Balaban J connectivity index is 1.52. The minimum atomic E-state index is -0.374. The maximum Gasteiger partial charge on any atom is 0.303 e. The van der Waals surface area contributed by atoms with E-state index in [1.807, 2.05) is 0 Å². The Kier molecular flexibility index (Phi) is 10.8. The van der Waals surface area contributed by atoms with Crippen LogP contribution in [0.15, 0.2) is 33.0 Å². The summed E-state index contributed by atoms with van der Waals surface area (Å²) in [5, 5.41) is 12.5. The van der Waals surface area contributed by atoms with Gasteiger partial charge in [-0.15, -0.1) is 5.11 Å². The van der Waals surface area contributed by atoms with Gasteiger partial charge in [0.25, 0.3) is 0 Å². The van der Waals surface area contributed by atoms with E-state index in [0.29, 0.717) is 31.1 Å². The molecular weight excluding hydrogens is 412 g/mol. The molecule has 3 atom stereocenters. The second kappa shape index (κ2) is 13.5. The monoisotopic (exact) mass is 446 g/mol. The van der Waals surface area contributed by atoms with E-state index in [0.717, 1.165) is 50.5 Å². The molecule has 3 N–H and O–H groups in total. The van der Waals surface area contributed by atoms with Gasteiger partial charge >= 0.3 is 5.97 Å². The molecule has 1 heterocycles. The molecule has 1 fully saturated rings. The Hall–Kier alpha value is -2.84. The second-order valence-electron chi connectivity index (χ2n) is 8.12. The Morgan fingerprint density at radius 1 is 1.38 bits per heavy atom. The zero-order valence-electron chi connectivity index (χ0n) is 19.0. The number of esters is 1. The average Bonchev–Trinajstić information content (AvgIpc) is 3.51. The highest BCUT2D eigenvalue weighted by Gasteiger charge is 2.37. The Bertz CT molecular complexity index is 787. The SMILES string of the molecule is CC(=O)OCC1=C=CN(CCCCC(=O)NCCCC/C(=N\C(C)C=O)C2CC2N)N=N1. The minimum absolute atomic E-state index is 0.0389. The van der Waals surface area contributed by atoms with Crippen LogP contribution in [0.3, 0.4) is 0 Å². The van der Waals surface area contributed by atoms with Gasteiger partial charge in [-0.1, -0.05) is 11.0 Å². The number of nitrogens with zero attached hydrogens (tertiary/aromatic N) is 4. The van der Waals surface area contributed by atoms with Crippen LogP contribution in [0, 0.1) is 5.92 Å². The predicted octanol–water partition coefficient (Wildman–Crippen LogP) is 2.06. The van der Waals surface area contributed by atoms with E-state index in [-0.39, 0.29) is 30.6 Å². The lowest BCUT2D eigenvalue weighted by molar-refractivity contribution is -0.140. The molecule has 3 unspecified atom stereocenters. The van der Waals surface area contributed by atoms with Crippen LogP contribution in [0.25, 0.3) is 0 Å².